The van der Waals surface area contributed by atoms with Crippen molar-refractivity contribution in [3.8, 4) is 0 Å². The first-order chi connectivity index (χ1) is 15.3. The number of likely N-dealkylation sites (tertiary alicyclic amines) is 1. The lowest BCUT2D eigenvalue weighted by Gasteiger charge is -2.31. The number of nitrogens with zero attached hydrogens (tertiary/aromatic N) is 1. The van der Waals surface area contributed by atoms with Gasteiger partial charge in [-0.25, -0.2) is 13.1 Å². The van der Waals surface area contributed by atoms with Crippen LogP contribution >= 0.6 is 11.6 Å². The van der Waals surface area contributed by atoms with E-state index >= 15 is 0 Å². The van der Waals surface area contributed by atoms with E-state index in [1.807, 2.05) is 6.92 Å². The highest BCUT2D eigenvalue weighted by Gasteiger charge is 2.28. The van der Waals surface area contributed by atoms with Crippen LogP contribution in [0.3, 0.4) is 0 Å². The molecule has 1 aliphatic heterocycles. The van der Waals surface area contributed by atoms with E-state index in [4.69, 9.17) is 11.6 Å². The summed E-state index contributed by atoms with van der Waals surface area (Å²) in [7, 11) is -3.55. The number of amides is 2. The van der Waals surface area contributed by atoms with Crippen molar-refractivity contribution in [2.75, 3.05) is 25.0 Å². The minimum absolute atomic E-state index is 0.0649. The molecule has 1 heterocycles. The zero-order valence-electron chi connectivity index (χ0n) is 18.0. The van der Waals surface area contributed by atoms with Gasteiger partial charge >= 0.3 is 0 Å². The van der Waals surface area contributed by atoms with Crippen LogP contribution in [0.25, 0.3) is 0 Å². The molecule has 0 aliphatic carbocycles. The summed E-state index contributed by atoms with van der Waals surface area (Å²) in [6, 6.07) is 12.9. The highest BCUT2D eigenvalue weighted by molar-refractivity contribution is 7.89. The number of anilines is 1. The van der Waals surface area contributed by atoms with E-state index in [0.717, 1.165) is 12.8 Å². The average Bonchev–Trinajstić information content (AvgIpc) is 2.79. The Bertz CT molecular complexity index is 1030. The molecule has 3 rings (SSSR count). The number of nitrogens with one attached hydrogen (secondary N) is 2. The second-order valence-electron chi connectivity index (χ2n) is 7.84. The molecule has 2 N–H and O–H groups in total. The van der Waals surface area contributed by atoms with Gasteiger partial charge in [0.05, 0.1) is 4.90 Å². The number of hydrogen-bond acceptors (Lipinski definition) is 4. The topological polar surface area (TPSA) is 95.6 Å². The molecule has 2 amide bonds. The zero-order chi connectivity index (χ0) is 23.1. The van der Waals surface area contributed by atoms with Crippen LogP contribution in [0.5, 0.6) is 0 Å². The predicted octanol–water partition coefficient (Wildman–Crippen LogP) is 3.91. The lowest BCUT2D eigenvalue weighted by molar-refractivity contribution is -0.121. The summed E-state index contributed by atoms with van der Waals surface area (Å²) >= 11 is 5.88. The van der Waals surface area contributed by atoms with Gasteiger partial charge in [-0.15, -0.1) is 0 Å². The molecule has 0 atom stereocenters. The monoisotopic (exact) mass is 477 g/mol. The third-order valence-corrected chi connectivity index (χ3v) is 7.23. The summed E-state index contributed by atoms with van der Waals surface area (Å²) in [6.45, 7) is 3.39. The van der Waals surface area contributed by atoms with E-state index in [9.17, 15) is 18.0 Å². The number of benzene rings is 2. The Morgan fingerprint density at radius 1 is 1.03 bits per heavy atom. The standard InChI is InChI=1S/C23H28ClN3O4S/c1-2-3-14-25-32(30,31)21-10-8-20(9-11-21)26-22(28)17-12-15-27(16-13-17)23(29)18-4-6-19(24)7-5-18/h4-11,17,25H,2-3,12-16H2,1H3,(H,26,28). The van der Waals surface area contributed by atoms with Crippen LogP contribution in [0.1, 0.15) is 43.0 Å². The first-order valence-electron chi connectivity index (χ1n) is 10.8. The smallest absolute Gasteiger partial charge is 0.253 e. The third-order valence-electron chi connectivity index (χ3n) is 5.50. The van der Waals surface area contributed by atoms with Crippen LogP contribution in [0.4, 0.5) is 5.69 Å². The van der Waals surface area contributed by atoms with Crippen LogP contribution in [-0.2, 0) is 14.8 Å². The van der Waals surface area contributed by atoms with Gasteiger partial charge < -0.3 is 10.2 Å². The minimum Gasteiger partial charge on any atom is -0.339 e. The molecule has 0 spiro atoms. The van der Waals surface area contributed by atoms with Gasteiger partial charge in [0.25, 0.3) is 5.91 Å². The number of unbranched alkanes of at least 4 members (excludes halogenated alkanes) is 1. The summed E-state index contributed by atoms with van der Waals surface area (Å²) < 4.78 is 27.1. The van der Waals surface area contributed by atoms with Crippen LogP contribution in [0.2, 0.25) is 5.02 Å². The fourth-order valence-electron chi connectivity index (χ4n) is 3.55. The Morgan fingerprint density at radius 2 is 1.66 bits per heavy atom. The minimum atomic E-state index is -3.55. The van der Waals surface area contributed by atoms with Gasteiger partial charge in [0.1, 0.15) is 0 Å². The fourth-order valence-corrected chi connectivity index (χ4v) is 4.75. The number of carbonyl (C=O) groups is 2. The molecule has 1 fully saturated rings. The molecule has 32 heavy (non-hydrogen) atoms. The summed E-state index contributed by atoms with van der Waals surface area (Å²) in [6.07, 6.45) is 2.82. The average molecular weight is 478 g/mol. The van der Waals surface area contributed by atoms with Crippen LogP contribution in [0.15, 0.2) is 53.4 Å². The fraction of sp³-hybridized carbons (Fsp3) is 0.391. The molecule has 0 bridgehead atoms. The Kier molecular flexibility index (Phi) is 8.28. The first kappa shape index (κ1) is 24.2. The van der Waals surface area contributed by atoms with Crippen LogP contribution in [0, 0.1) is 5.92 Å². The third kappa shape index (κ3) is 6.31. The molecule has 2 aromatic rings. The van der Waals surface area contributed by atoms with Crippen molar-refractivity contribution >= 4 is 39.1 Å². The molecular formula is C23H28ClN3O4S. The first-order valence-corrected chi connectivity index (χ1v) is 12.6. The van der Waals surface area contributed by atoms with Gasteiger partial charge in [0, 0.05) is 41.8 Å². The van der Waals surface area contributed by atoms with Crippen LogP contribution < -0.4 is 10.0 Å². The Hall–Kier alpha value is -2.42. The summed E-state index contributed by atoms with van der Waals surface area (Å²) in [4.78, 5) is 27.2. The van der Waals surface area contributed by atoms with Gasteiger partial charge in [-0.1, -0.05) is 24.9 Å². The number of carbonyl (C=O) groups excluding carboxylic acids is 2. The van der Waals surface area contributed by atoms with Crippen molar-refractivity contribution in [3.05, 3.63) is 59.1 Å². The number of rotatable bonds is 8. The molecular weight excluding hydrogens is 450 g/mol. The number of hydrogen-bond donors (Lipinski definition) is 2. The van der Waals surface area contributed by atoms with E-state index < -0.39 is 10.0 Å². The molecule has 9 heteroatoms. The van der Waals surface area contributed by atoms with E-state index in [1.165, 1.54) is 12.1 Å². The van der Waals surface area contributed by atoms with E-state index in [0.29, 0.717) is 48.7 Å². The van der Waals surface area contributed by atoms with Crippen molar-refractivity contribution in [3.63, 3.8) is 0 Å². The van der Waals surface area contributed by atoms with Crippen molar-refractivity contribution in [2.24, 2.45) is 5.92 Å². The normalized spacial score (nSPS) is 14.9. The molecule has 2 aromatic carbocycles. The lowest BCUT2D eigenvalue weighted by Crippen LogP contribution is -2.41. The molecule has 0 unspecified atom stereocenters. The zero-order valence-corrected chi connectivity index (χ0v) is 19.6. The van der Waals surface area contributed by atoms with Crippen molar-refractivity contribution in [2.45, 2.75) is 37.5 Å². The Balaban J connectivity index is 1.51. The van der Waals surface area contributed by atoms with Crippen LogP contribution in [-0.4, -0.2) is 44.8 Å². The SMILES string of the molecule is CCCCNS(=O)(=O)c1ccc(NC(=O)C2CCN(C(=O)c3ccc(Cl)cc3)CC2)cc1. The number of piperidine rings is 1. The number of halogens is 1. The maximum Gasteiger partial charge on any atom is 0.253 e. The second kappa shape index (κ2) is 10.9. The van der Waals surface area contributed by atoms with E-state index in [-0.39, 0.29) is 22.6 Å². The Labute approximate surface area is 194 Å². The highest BCUT2D eigenvalue weighted by Crippen LogP contribution is 2.22. The van der Waals surface area contributed by atoms with Gasteiger partial charge in [-0.05, 0) is 67.8 Å². The van der Waals surface area contributed by atoms with Crippen molar-refractivity contribution in [1.82, 2.24) is 9.62 Å². The molecule has 1 saturated heterocycles. The molecule has 0 saturated carbocycles. The molecule has 1 aliphatic rings. The predicted molar refractivity (Wildman–Crippen MR) is 125 cm³/mol. The van der Waals surface area contributed by atoms with Gasteiger partial charge in [-0.2, -0.15) is 0 Å². The van der Waals surface area contributed by atoms with Gasteiger partial charge in [-0.3, -0.25) is 9.59 Å². The highest BCUT2D eigenvalue weighted by atomic mass is 35.5. The van der Waals surface area contributed by atoms with Gasteiger partial charge in [0.2, 0.25) is 15.9 Å². The Morgan fingerprint density at radius 3 is 2.25 bits per heavy atom. The summed E-state index contributed by atoms with van der Waals surface area (Å²) in [5.41, 5.74) is 1.12. The summed E-state index contributed by atoms with van der Waals surface area (Å²) in [5.74, 6) is -0.395. The maximum absolute atomic E-state index is 12.6. The maximum atomic E-state index is 12.6. The number of sulfonamides is 1. The van der Waals surface area contributed by atoms with Crippen molar-refractivity contribution in [1.29, 1.82) is 0 Å². The molecule has 7 nitrogen and oxygen atoms in total. The molecule has 0 aromatic heterocycles. The second-order valence-corrected chi connectivity index (χ2v) is 10.0. The summed E-state index contributed by atoms with van der Waals surface area (Å²) in [5, 5.41) is 3.43. The largest absolute Gasteiger partial charge is 0.339 e. The van der Waals surface area contributed by atoms with Crippen molar-refractivity contribution < 1.29 is 18.0 Å². The quantitative estimate of drug-likeness (QED) is 0.563. The molecule has 0 radical (unpaired) electrons. The lowest BCUT2D eigenvalue weighted by atomic mass is 9.95. The molecule has 172 valence electrons. The van der Waals surface area contributed by atoms with E-state index in [1.54, 1.807) is 41.3 Å². The van der Waals surface area contributed by atoms with E-state index in [2.05, 4.69) is 10.0 Å². The van der Waals surface area contributed by atoms with Gasteiger partial charge in [0.15, 0.2) is 0 Å².